The fourth-order valence-corrected chi connectivity index (χ4v) is 1.53. The van der Waals surface area contributed by atoms with Crippen LogP contribution >= 0.6 is 0 Å². The molecular weight excluding hydrogens is 188 g/mol. The third-order valence-electron chi connectivity index (χ3n) is 2.26. The Kier molecular flexibility index (Phi) is 1.75. The molecule has 0 amide bonds. The summed E-state index contributed by atoms with van der Waals surface area (Å²) in [5.74, 6) is 0.786. The molecule has 0 saturated carbocycles. The van der Waals surface area contributed by atoms with Crippen molar-refractivity contribution in [1.82, 2.24) is 9.97 Å². The molecule has 15 heavy (non-hydrogen) atoms. The van der Waals surface area contributed by atoms with Crippen molar-refractivity contribution in [3.05, 3.63) is 49.0 Å². The third kappa shape index (κ3) is 1.38. The number of furan rings is 1. The Hall–Kier alpha value is -2.16. The summed E-state index contributed by atoms with van der Waals surface area (Å²) in [6.45, 7) is 0. The van der Waals surface area contributed by atoms with Crippen molar-refractivity contribution < 1.29 is 4.42 Å². The van der Waals surface area contributed by atoms with E-state index in [4.69, 9.17) is 4.42 Å². The van der Waals surface area contributed by atoms with Crippen LogP contribution in [0.5, 0.6) is 0 Å². The molecule has 72 valence electrons. The third-order valence-corrected chi connectivity index (χ3v) is 2.26. The number of pyridine rings is 2. The van der Waals surface area contributed by atoms with Gasteiger partial charge in [-0.3, -0.25) is 4.98 Å². The highest BCUT2D eigenvalue weighted by atomic mass is 16.3. The number of nitrogens with zero attached hydrogens (tertiary/aromatic N) is 2. The van der Waals surface area contributed by atoms with Gasteiger partial charge >= 0.3 is 0 Å². The molecule has 0 spiro atoms. The molecular formula is C12H8N2O. The summed E-state index contributed by atoms with van der Waals surface area (Å²) in [5, 5.41) is 1.04. The van der Waals surface area contributed by atoms with Gasteiger partial charge in [0.1, 0.15) is 5.69 Å². The van der Waals surface area contributed by atoms with Gasteiger partial charge in [0.25, 0.3) is 0 Å². The zero-order valence-electron chi connectivity index (χ0n) is 7.92. The molecule has 0 N–H and O–H groups in total. The molecule has 3 heterocycles. The predicted molar refractivity (Wildman–Crippen MR) is 57.2 cm³/mol. The maximum absolute atomic E-state index is 5.29. The smallest absolute Gasteiger partial charge is 0.152 e. The molecule has 0 aromatic carbocycles. The van der Waals surface area contributed by atoms with Crippen LogP contribution in [0.2, 0.25) is 0 Å². The molecule has 3 heteroatoms. The van der Waals surface area contributed by atoms with Gasteiger partial charge < -0.3 is 4.42 Å². The van der Waals surface area contributed by atoms with Gasteiger partial charge in [0, 0.05) is 17.8 Å². The second-order valence-corrected chi connectivity index (χ2v) is 3.24. The number of aromatic nitrogens is 2. The van der Waals surface area contributed by atoms with Gasteiger partial charge in [-0.2, -0.15) is 0 Å². The van der Waals surface area contributed by atoms with Gasteiger partial charge in [0.15, 0.2) is 5.76 Å². The molecule has 0 aliphatic rings. The van der Waals surface area contributed by atoms with E-state index < -0.39 is 0 Å². The minimum Gasteiger partial charge on any atom is -0.463 e. The van der Waals surface area contributed by atoms with E-state index in [2.05, 4.69) is 9.97 Å². The summed E-state index contributed by atoms with van der Waals surface area (Å²) in [4.78, 5) is 8.53. The van der Waals surface area contributed by atoms with Crippen LogP contribution in [0, 0.1) is 0 Å². The second kappa shape index (κ2) is 3.20. The van der Waals surface area contributed by atoms with E-state index in [0.29, 0.717) is 0 Å². The Morgan fingerprint density at radius 2 is 2.07 bits per heavy atom. The topological polar surface area (TPSA) is 38.9 Å². The Bertz CT molecular complexity index is 587. The summed E-state index contributed by atoms with van der Waals surface area (Å²) in [7, 11) is 0. The maximum atomic E-state index is 5.29. The Balaban J connectivity index is 2.22. The number of rotatable bonds is 1. The lowest BCUT2D eigenvalue weighted by Gasteiger charge is -1.98. The van der Waals surface area contributed by atoms with Crippen LogP contribution in [-0.2, 0) is 0 Å². The van der Waals surface area contributed by atoms with Crippen LogP contribution in [0.3, 0.4) is 0 Å². The zero-order valence-corrected chi connectivity index (χ0v) is 7.92. The van der Waals surface area contributed by atoms with Crippen molar-refractivity contribution in [3.63, 3.8) is 0 Å². The van der Waals surface area contributed by atoms with Crippen molar-refractivity contribution in [2.45, 2.75) is 0 Å². The molecule has 0 unspecified atom stereocenters. The standard InChI is InChI=1S/C12H8N2O/c1-2-12(15-7-1)11-4-3-9-8-13-6-5-10(9)14-11/h1-8H. The van der Waals surface area contributed by atoms with Crippen LogP contribution in [0.15, 0.2) is 53.4 Å². The lowest BCUT2D eigenvalue weighted by molar-refractivity contribution is 0.580. The first kappa shape index (κ1) is 8.17. The van der Waals surface area contributed by atoms with Crippen molar-refractivity contribution in [3.8, 4) is 11.5 Å². The van der Waals surface area contributed by atoms with E-state index in [1.165, 1.54) is 0 Å². The van der Waals surface area contributed by atoms with Gasteiger partial charge in [-0.1, -0.05) is 0 Å². The first-order chi connectivity index (χ1) is 7.43. The molecule has 3 aromatic heterocycles. The fourth-order valence-electron chi connectivity index (χ4n) is 1.53. The molecule has 0 bridgehead atoms. The van der Waals surface area contributed by atoms with E-state index in [9.17, 15) is 0 Å². The first-order valence-corrected chi connectivity index (χ1v) is 4.68. The molecule has 0 aliphatic carbocycles. The molecule has 3 nitrogen and oxygen atoms in total. The summed E-state index contributed by atoms with van der Waals surface area (Å²) < 4.78 is 5.29. The van der Waals surface area contributed by atoms with E-state index >= 15 is 0 Å². The monoisotopic (exact) mass is 196 g/mol. The zero-order chi connectivity index (χ0) is 10.1. The summed E-state index contributed by atoms with van der Waals surface area (Å²) >= 11 is 0. The largest absolute Gasteiger partial charge is 0.463 e. The number of hydrogen-bond acceptors (Lipinski definition) is 3. The first-order valence-electron chi connectivity index (χ1n) is 4.68. The van der Waals surface area contributed by atoms with Crippen LogP contribution < -0.4 is 0 Å². The average Bonchev–Trinajstić information content (AvgIpc) is 2.82. The lowest BCUT2D eigenvalue weighted by atomic mass is 10.2. The fraction of sp³-hybridized carbons (Fsp3) is 0. The van der Waals surface area contributed by atoms with Gasteiger partial charge in [-0.15, -0.1) is 0 Å². The van der Waals surface area contributed by atoms with Crippen LogP contribution in [0.4, 0.5) is 0 Å². The SMILES string of the molecule is c1coc(-c2ccc3cnccc3n2)c1. The highest BCUT2D eigenvalue weighted by Gasteiger charge is 2.02. The molecule has 0 fully saturated rings. The van der Waals surface area contributed by atoms with Crippen molar-refractivity contribution in [1.29, 1.82) is 0 Å². The minimum atomic E-state index is 0.786. The number of hydrogen-bond donors (Lipinski definition) is 0. The van der Waals surface area contributed by atoms with E-state index in [1.54, 1.807) is 18.7 Å². The van der Waals surface area contributed by atoms with Gasteiger partial charge in [-0.05, 0) is 30.3 Å². The molecule has 0 atom stereocenters. The summed E-state index contributed by atoms with van der Waals surface area (Å²) in [5.41, 5.74) is 1.78. The highest BCUT2D eigenvalue weighted by Crippen LogP contribution is 2.20. The molecule has 0 radical (unpaired) electrons. The Morgan fingerprint density at radius 3 is 2.93 bits per heavy atom. The van der Waals surface area contributed by atoms with Crippen molar-refractivity contribution in [2.24, 2.45) is 0 Å². The predicted octanol–water partition coefficient (Wildman–Crippen LogP) is 2.89. The summed E-state index contributed by atoms with van der Waals surface area (Å²) in [6, 6.07) is 9.57. The molecule has 3 aromatic rings. The quantitative estimate of drug-likeness (QED) is 0.600. The second-order valence-electron chi connectivity index (χ2n) is 3.24. The van der Waals surface area contributed by atoms with Crippen molar-refractivity contribution in [2.75, 3.05) is 0 Å². The molecule has 3 rings (SSSR count). The normalized spacial score (nSPS) is 10.7. The van der Waals surface area contributed by atoms with E-state index in [-0.39, 0.29) is 0 Å². The van der Waals surface area contributed by atoms with E-state index in [1.807, 2.05) is 30.3 Å². The Morgan fingerprint density at radius 1 is 1.07 bits per heavy atom. The van der Waals surface area contributed by atoms with Gasteiger partial charge in [-0.25, -0.2) is 4.98 Å². The highest BCUT2D eigenvalue weighted by molar-refractivity contribution is 5.79. The molecule has 0 aliphatic heterocycles. The van der Waals surface area contributed by atoms with Gasteiger partial charge in [0.05, 0.1) is 11.8 Å². The van der Waals surface area contributed by atoms with Gasteiger partial charge in [0.2, 0.25) is 0 Å². The maximum Gasteiger partial charge on any atom is 0.152 e. The number of fused-ring (bicyclic) bond motifs is 1. The average molecular weight is 196 g/mol. The van der Waals surface area contributed by atoms with Crippen LogP contribution in [0.25, 0.3) is 22.4 Å². The van der Waals surface area contributed by atoms with Crippen LogP contribution in [-0.4, -0.2) is 9.97 Å². The van der Waals surface area contributed by atoms with Crippen LogP contribution in [0.1, 0.15) is 0 Å². The molecule has 0 saturated heterocycles. The lowest BCUT2D eigenvalue weighted by Crippen LogP contribution is -1.83. The minimum absolute atomic E-state index is 0.786. The van der Waals surface area contributed by atoms with Crippen molar-refractivity contribution >= 4 is 10.9 Å². The summed E-state index contributed by atoms with van der Waals surface area (Å²) in [6.07, 6.45) is 5.18. The Labute approximate surface area is 86.4 Å². The van der Waals surface area contributed by atoms with E-state index in [0.717, 1.165) is 22.4 Å².